The van der Waals surface area contributed by atoms with Gasteiger partial charge in [0.25, 0.3) is 0 Å². The van der Waals surface area contributed by atoms with Gasteiger partial charge in [-0.3, -0.25) is 9.59 Å². The molecule has 0 saturated carbocycles. The molecule has 1 atom stereocenters. The summed E-state index contributed by atoms with van der Waals surface area (Å²) in [6, 6.07) is 3.76. The van der Waals surface area contributed by atoms with Crippen LogP contribution in [0.5, 0.6) is 0 Å². The zero-order valence-electron chi connectivity index (χ0n) is 9.74. The van der Waals surface area contributed by atoms with Crippen LogP contribution in [0.3, 0.4) is 0 Å². The van der Waals surface area contributed by atoms with Crippen molar-refractivity contribution < 1.29 is 14.0 Å². The van der Waals surface area contributed by atoms with Gasteiger partial charge >= 0.3 is 0 Å². The third-order valence-corrected chi connectivity index (χ3v) is 3.51. The molecule has 1 N–H and O–H groups in total. The predicted molar refractivity (Wildman–Crippen MR) is 67.1 cm³/mol. The molecule has 18 heavy (non-hydrogen) atoms. The standard InChI is InChI=1S/C12H12BrFN2O2/c1-7-12(18)16(6-11(17)15-7)5-8-2-3-9(14)4-10(8)13/h2-4,7H,5-6H2,1H3,(H,15,17). The lowest BCUT2D eigenvalue weighted by atomic mass is 10.1. The summed E-state index contributed by atoms with van der Waals surface area (Å²) in [5.74, 6) is -0.659. The average Bonchev–Trinajstić information content (AvgIpc) is 2.29. The number of nitrogens with zero attached hydrogens (tertiary/aromatic N) is 1. The number of carbonyl (C=O) groups excluding carboxylic acids is 2. The van der Waals surface area contributed by atoms with E-state index in [0.717, 1.165) is 5.56 Å². The number of rotatable bonds is 2. The minimum absolute atomic E-state index is 0.0347. The number of halogens is 2. The third-order valence-electron chi connectivity index (χ3n) is 2.77. The number of piperazine rings is 1. The molecule has 6 heteroatoms. The van der Waals surface area contributed by atoms with Crippen LogP contribution in [-0.4, -0.2) is 29.3 Å². The van der Waals surface area contributed by atoms with Crippen LogP contribution in [0.4, 0.5) is 4.39 Å². The van der Waals surface area contributed by atoms with Gasteiger partial charge in [0.05, 0.1) is 6.54 Å². The van der Waals surface area contributed by atoms with E-state index < -0.39 is 6.04 Å². The van der Waals surface area contributed by atoms with Gasteiger partial charge < -0.3 is 10.2 Å². The largest absolute Gasteiger partial charge is 0.343 e. The number of carbonyl (C=O) groups is 2. The molecule has 2 amide bonds. The molecular formula is C12H12BrFN2O2. The first-order chi connectivity index (χ1) is 8.47. The van der Waals surface area contributed by atoms with Gasteiger partial charge in [-0.15, -0.1) is 0 Å². The minimum atomic E-state index is -0.509. The van der Waals surface area contributed by atoms with E-state index in [1.165, 1.54) is 17.0 Å². The van der Waals surface area contributed by atoms with Crippen LogP contribution >= 0.6 is 15.9 Å². The molecule has 1 saturated heterocycles. The molecule has 0 aliphatic carbocycles. The van der Waals surface area contributed by atoms with Crippen molar-refractivity contribution in [3.63, 3.8) is 0 Å². The van der Waals surface area contributed by atoms with Gasteiger partial charge in [0.1, 0.15) is 11.9 Å². The molecule has 1 heterocycles. The number of hydrogen-bond acceptors (Lipinski definition) is 2. The molecule has 0 aromatic heterocycles. The van der Waals surface area contributed by atoms with Crippen molar-refractivity contribution in [3.8, 4) is 0 Å². The fourth-order valence-electron chi connectivity index (χ4n) is 1.86. The molecule has 0 bridgehead atoms. The molecule has 96 valence electrons. The van der Waals surface area contributed by atoms with Crippen molar-refractivity contribution in [2.45, 2.75) is 19.5 Å². The Balaban J connectivity index is 2.17. The summed E-state index contributed by atoms with van der Waals surface area (Å²) >= 11 is 3.25. The predicted octanol–water partition coefficient (Wildman–Crippen LogP) is 1.44. The number of hydrogen-bond donors (Lipinski definition) is 1. The minimum Gasteiger partial charge on any atom is -0.343 e. The molecular weight excluding hydrogens is 303 g/mol. The van der Waals surface area contributed by atoms with Crippen LogP contribution in [0.25, 0.3) is 0 Å². The second-order valence-electron chi connectivity index (χ2n) is 4.22. The molecule has 0 radical (unpaired) electrons. The highest BCUT2D eigenvalue weighted by Crippen LogP contribution is 2.20. The van der Waals surface area contributed by atoms with Crippen LogP contribution in [0.15, 0.2) is 22.7 Å². The summed E-state index contributed by atoms with van der Waals surface area (Å²) in [6.45, 7) is 1.97. The summed E-state index contributed by atoms with van der Waals surface area (Å²) in [5.41, 5.74) is 0.770. The molecule has 4 nitrogen and oxygen atoms in total. The van der Waals surface area contributed by atoms with E-state index >= 15 is 0 Å². The highest BCUT2D eigenvalue weighted by atomic mass is 79.9. The first-order valence-electron chi connectivity index (χ1n) is 5.49. The summed E-state index contributed by atoms with van der Waals surface area (Å²) < 4.78 is 13.5. The maximum absolute atomic E-state index is 13.0. The van der Waals surface area contributed by atoms with E-state index in [9.17, 15) is 14.0 Å². The summed E-state index contributed by atoms with van der Waals surface area (Å²) in [5, 5.41) is 2.57. The smallest absolute Gasteiger partial charge is 0.245 e. The average molecular weight is 315 g/mol. The Bertz CT molecular complexity index is 507. The van der Waals surface area contributed by atoms with Gasteiger partial charge in [0.15, 0.2) is 0 Å². The first kappa shape index (κ1) is 13.0. The normalized spacial score (nSPS) is 19.9. The van der Waals surface area contributed by atoms with Crippen molar-refractivity contribution in [1.29, 1.82) is 0 Å². The van der Waals surface area contributed by atoms with Crippen LogP contribution in [0.2, 0.25) is 0 Å². The lowest BCUT2D eigenvalue weighted by molar-refractivity contribution is -0.144. The molecule has 2 rings (SSSR count). The van der Waals surface area contributed by atoms with E-state index in [1.54, 1.807) is 13.0 Å². The van der Waals surface area contributed by atoms with Crippen molar-refractivity contribution in [2.24, 2.45) is 0 Å². The van der Waals surface area contributed by atoms with Crippen LogP contribution in [0.1, 0.15) is 12.5 Å². The van der Waals surface area contributed by atoms with Crippen molar-refractivity contribution in [3.05, 3.63) is 34.1 Å². The maximum atomic E-state index is 13.0. The Labute approximate surface area is 112 Å². The van der Waals surface area contributed by atoms with E-state index in [2.05, 4.69) is 21.2 Å². The highest BCUT2D eigenvalue weighted by molar-refractivity contribution is 9.10. The van der Waals surface area contributed by atoms with Crippen LogP contribution in [-0.2, 0) is 16.1 Å². The quantitative estimate of drug-likeness (QED) is 0.898. The van der Waals surface area contributed by atoms with E-state index in [1.807, 2.05) is 0 Å². The van der Waals surface area contributed by atoms with E-state index in [-0.39, 0.29) is 30.7 Å². The number of benzene rings is 1. The highest BCUT2D eigenvalue weighted by Gasteiger charge is 2.29. The lowest BCUT2D eigenvalue weighted by Crippen LogP contribution is -2.56. The van der Waals surface area contributed by atoms with Gasteiger partial charge in [-0.1, -0.05) is 22.0 Å². The molecule has 1 aliphatic rings. The Morgan fingerprint density at radius 1 is 1.50 bits per heavy atom. The third kappa shape index (κ3) is 2.69. The Hall–Kier alpha value is -1.43. The summed E-state index contributed by atoms with van der Waals surface area (Å²) in [4.78, 5) is 24.7. The van der Waals surface area contributed by atoms with Crippen LogP contribution < -0.4 is 5.32 Å². The topological polar surface area (TPSA) is 49.4 Å². The number of amides is 2. The van der Waals surface area contributed by atoms with Gasteiger partial charge in [0, 0.05) is 11.0 Å². The fourth-order valence-corrected chi connectivity index (χ4v) is 2.34. The molecule has 1 fully saturated rings. The maximum Gasteiger partial charge on any atom is 0.245 e. The summed E-state index contributed by atoms with van der Waals surface area (Å²) in [7, 11) is 0. The van der Waals surface area contributed by atoms with E-state index in [0.29, 0.717) is 4.47 Å². The monoisotopic (exact) mass is 314 g/mol. The number of nitrogens with one attached hydrogen (secondary N) is 1. The second-order valence-corrected chi connectivity index (χ2v) is 5.07. The molecule has 1 unspecified atom stereocenters. The SMILES string of the molecule is CC1NC(=O)CN(Cc2ccc(F)cc2Br)C1=O. The van der Waals surface area contributed by atoms with Crippen molar-refractivity contribution in [1.82, 2.24) is 10.2 Å². The first-order valence-corrected chi connectivity index (χ1v) is 6.29. The molecule has 1 aromatic rings. The van der Waals surface area contributed by atoms with Crippen molar-refractivity contribution >= 4 is 27.7 Å². The van der Waals surface area contributed by atoms with Crippen molar-refractivity contribution in [2.75, 3.05) is 6.54 Å². The Morgan fingerprint density at radius 2 is 2.22 bits per heavy atom. The van der Waals surface area contributed by atoms with Gasteiger partial charge in [0.2, 0.25) is 11.8 Å². The molecule has 0 spiro atoms. The van der Waals surface area contributed by atoms with E-state index in [4.69, 9.17) is 0 Å². The molecule has 1 aliphatic heterocycles. The zero-order valence-corrected chi connectivity index (χ0v) is 11.3. The van der Waals surface area contributed by atoms with Gasteiger partial charge in [-0.25, -0.2) is 4.39 Å². The Kier molecular flexibility index (Phi) is 3.65. The van der Waals surface area contributed by atoms with Crippen LogP contribution in [0, 0.1) is 5.82 Å². The van der Waals surface area contributed by atoms with Gasteiger partial charge in [-0.05, 0) is 24.6 Å². The summed E-state index contributed by atoms with van der Waals surface area (Å²) in [6.07, 6.45) is 0. The van der Waals surface area contributed by atoms with Gasteiger partial charge in [-0.2, -0.15) is 0 Å². The fraction of sp³-hybridized carbons (Fsp3) is 0.333. The second kappa shape index (κ2) is 5.06. The Morgan fingerprint density at radius 3 is 2.89 bits per heavy atom. The lowest BCUT2D eigenvalue weighted by Gasteiger charge is -2.31. The molecule has 1 aromatic carbocycles. The zero-order chi connectivity index (χ0) is 13.3.